The Morgan fingerprint density at radius 3 is 2.95 bits per heavy atom. The Kier molecular flexibility index (Phi) is 4.03. The summed E-state index contributed by atoms with van der Waals surface area (Å²) in [4.78, 5) is 4.21. The zero-order valence-corrected chi connectivity index (χ0v) is 11.0. The molecule has 0 atom stereocenters. The standard InChI is InChI=1S/C12H13ClN4O2/c1-7-2-3-9(13)4-8(7)6-15-12(16-18)10-5-11(14)17-19-10/h2-5,18H,6H2,1H3,(H2,14,17)(H,15,16). The first-order valence-electron chi connectivity index (χ1n) is 5.52. The molecule has 0 aliphatic rings. The van der Waals surface area contributed by atoms with Crippen LogP contribution in [0.1, 0.15) is 16.9 Å². The molecule has 0 saturated carbocycles. The van der Waals surface area contributed by atoms with E-state index in [0.29, 0.717) is 11.6 Å². The number of aliphatic imine (C=N–C) groups is 1. The van der Waals surface area contributed by atoms with E-state index in [1.54, 1.807) is 0 Å². The summed E-state index contributed by atoms with van der Waals surface area (Å²) < 4.78 is 4.91. The molecule has 1 aromatic heterocycles. The Hall–Kier alpha value is -2.05. The average Bonchev–Trinajstić information content (AvgIpc) is 2.81. The van der Waals surface area contributed by atoms with Crippen molar-refractivity contribution >= 4 is 23.3 Å². The molecule has 0 aliphatic carbocycles. The van der Waals surface area contributed by atoms with Crippen molar-refractivity contribution in [2.45, 2.75) is 13.5 Å². The number of nitrogen functional groups attached to an aromatic ring is 1. The lowest BCUT2D eigenvalue weighted by atomic mass is 10.1. The molecule has 1 heterocycles. The Morgan fingerprint density at radius 1 is 1.53 bits per heavy atom. The third-order valence-electron chi connectivity index (χ3n) is 2.59. The highest BCUT2D eigenvalue weighted by atomic mass is 35.5. The summed E-state index contributed by atoms with van der Waals surface area (Å²) in [6.07, 6.45) is 0. The van der Waals surface area contributed by atoms with E-state index < -0.39 is 0 Å². The maximum Gasteiger partial charge on any atom is 0.205 e. The summed E-state index contributed by atoms with van der Waals surface area (Å²) in [6, 6.07) is 7.01. The van der Waals surface area contributed by atoms with Crippen LogP contribution in [0.15, 0.2) is 33.8 Å². The van der Waals surface area contributed by atoms with E-state index in [1.807, 2.05) is 30.6 Å². The fraction of sp³-hybridized carbons (Fsp3) is 0.167. The molecule has 0 unspecified atom stereocenters. The third kappa shape index (κ3) is 3.24. The number of aryl methyl sites for hydroxylation is 1. The van der Waals surface area contributed by atoms with E-state index in [1.165, 1.54) is 6.07 Å². The van der Waals surface area contributed by atoms with E-state index >= 15 is 0 Å². The number of anilines is 1. The molecule has 2 rings (SSSR count). The summed E-state index contributed by atoms with van der Waals surface area (Å²) in [5.41, 5.74) is 9.41. The molecule has 2 aromatic rings. The van der Waals surface area contributed by atoms with E-state index in [0.717, 1.165) is 11.1 Å². The molecule has 6 nitrogen and oxygen atoms in total. The number of hydrogen-bond acceptors (Lipinski definition) is 5. The molecular weight excluding hydrogens is 268 g/mol. The van der Waals surface area contributed by atoms with Crippen molar-refractivity contribution in [3.8, 4) is 0 Å². The van der Waals surface area contributed by atoms with E-state index in [9.17, 15) is 0 Å². The second-order valence-corrected chi connectivity index (χ2v) is 4.40. The largest absolute Gasteiger partial charge is 0.381 e. The minimum atomic E-state index is 0.156. The zero-order valence-electron chi connectivity index (χ0n) is 10.2. The molecule has 0 amide bonds. The Morgan fingerprint density at radius 2 is 2.32 bits per heavy atom. The molecule has 7 heteroatoms. The summed E-state index contributed by atoms with van der Waals surface area (Å²) in [5, 5.41) is 13.2. The number of nitrogens with zero attached hydrogens (tertiary/aromatic N) is 2. The molecule has 1 aromatic carbocycles. The highest BCUT2D eigenvalue weighted by molar-refractivity contribution is 6.30. The van der Waals surface area contributed by atoms with E-state index in [4.69, 9.17) is 27.1 Å². The van der Waals surface area contributed by atoms with Crippen LogP contribution in [0.25, 0.3) is 0 Å². The molecular formula is C12H13ClN4O2. The molecule has 19 heavy (non-hydrogen) atoms. The van der Waals surface area contributed by atoms with Crippen LogP contribution in [-0.4, -0.2) is 16.2 Å². The Bertz CT molecular complexity index is 610. The molecule has 0 spiro atoms. The molecule has 0 saturated heterocycles. The maximum absolute atomic E-state index is 9.06. The maximum atomic E-state index is 9.06. The zero-order chi connectivity index (χ0) is 13.8. The lowest BCUT2D eigenvalue weighted by molar-refractivity contribution is 0.231. The van der Waals surface area contributed by atoms with Gasteiger partial charge in [-0.05, 0) is 30.2 Å². The first kappa shape index (κ1) is 13.4. The van der Waals surface area contributed by atoms with Gasteiger partial charge in [0.05, 0.1) is 6.54 Å². The van der Waals surface area contributed by atoms with E-state index in [-0.39, 0.29) is 17.4 Å². The van der Waals surface area contributed by atoms with Crippen LogP contribution in [0.5, 0.6) is 0 Å². The summed E-state index contributed by atoms with van der Waals surface area (Å²) in [7, 11) is 0. The number of aromatic nitrogens is 1. The monoisotopic (exact) mass is 280 g/mol. The van der Waals surface area contributed by atoms with Gasteiger partial charge < -0.3 is 10.3 Å². The van der Waals surface area contributed by atoms with Gasteiger partial charge in [-0.2, -0.15) is 0 Å². The van der Waals surface area contributed by atoms with Crippen molar-refractivity contribution in [2.75, 3.05) is 5.73 Å². The minimum Gasteiger partial charge on any atom is -0.381 e. The SMILES string of the molecule is Cc1ccc(Cl)cc1CN=C(NO)c1cc(N)no1. The molecule has 0 fully saturated rings. The predicted molar refractivity (Wildman–Crippen MR) is 72.3 cm³/mol. The van der Waals surface area contributed by atoms with E-state index in [2.05, 4.69) is 10.1 Å². The van der Waals surface area contributed by atoms with Gasteiger partial charge in [0.15, 0.2) is 11.7 Å². The normalized spacial score (nSPS) is 11.6. The van der Waals surface area contributed by atoms with Gasteiger partial charge in [-0.1, -0.05) is 22.8 Å². The topological polar surface area (TPSA) is 96.7 Å². The number of halogens is 1. The number of hydroxylamine groups is 1. The molecule has 4 N–H and O–H groups in total. The van der Waals surface area contributed by atoms with Crippen molar-refractivity contribution in [3.63, 3.8) is 0 Å². The van der Waals surface area contributed by atoms with Gasteiger partial charge in [0.25, 0.3) is 0 Å². The first-order valence-corrected chi connectivity index (χ1v) is 5.90. The number of rotatable bonds is 3. The van der Waals surface area contributed by atoms with Crippen LogP contribution >= 0.6 is 11.6 Å². The lowest BCUT2D eigenvalue weighted by Crippen LogP contribution is -2.20. The predicted octanol–water partition coefficient (Wildman–Crippen LogP) is 2.14. The third-order valence-corrected chi connectivity index (χ3v) is 2.82. The number of amidine groups is 1. The molecule has 0 bridgehead atoms. The van der Waals surface area contributed by atoms with Crippen molar-refractivity contribution in [2.24, 2.45) is 4.99 Å². The van der Waals surface area contributed by atoms with Gasteiger partial charge in [-0.15, -0.1) is 0 Å². The van der Waals surface area contributed by atoms with Crippen LogP contribution in [0.2, 0.25) is 5.02 Å². The number of nitrogens with one attached hydrogen (secondary N) is 1. The van der Waals surface area contributed by atoms with Crippen LogP contribution < -0.4 is 11.2 Å². The second-order valence-electron chi connectivity index (χ2n) is 3.96. The lowest BCUT2D eigenvalue weighted by Gasteiger charge is -2.04. The highest BCUT2D eigenvalue weighted by Crippen LogP contribution is 2.16. The van der Waals surface area contributed by atoms with Gasteiger partial charge >= 0.3 is 0 Å². The van der Waals surface area contributed by atoms with Crippen LogP contribution in [0, 0.1) is 6.92 Å². The quantitative estimate of drug-likeness (QED) is 0.455. The van der Waals surface area contributed by atoms with Crippen molar-refractivity contribution in [1.82, 2.24) is 10.6 Å². The van der Waals surface area contributed by atoms with Gasteiger partial charge in [-0.25, -0.2) is 5.48 Å². The second kappa shape index (κ2) is 5.73. The minimum absolute atomic E-state index is 0.156. The Balaban J connectivity index is 2.22. The number of hydrogen-bond donors (Lipinski definition) is 3. The Labute approximate surface area is 114 Å². The van der Waals surface area contributed by atoms with Crippen LogP contribution in [0.3, 0.4) is 0 Å². The first-order chi connectivity index (χ1) is 9.10. The van der Waals surface area contributed by atoms with Gasteiger partial charge in [-0.3, -0.25) is 10.2 Å². The van der Waals surface area contributed by atoms with Crippen molar-refractivity contribution in [3.05, 3.63) is 46.2 Å². The summed E-state index contributed by atoms with van der Waals surface area (Å²) >= 11 is 5.93. The smallest absolute Gasteiger partial charge is 0.205 e. The fourth-order valence-electron chi connectivity index (χ4n) is 1.54. The molecule has 0 radical (unpaired) electrons. The number of nitrogens with two attached hydrogens (primary N) is 1. The molecule has 0 aliphatic heterocycles. The summed E-state index contributed by atoms with van der Waals surface area (Å²) in [5.74, 6) is 0.639. The van der Waals surface area contributed by atoms with Gasteiger partial charge in [0.2, 0.25) is 5.76 Å². The number of benzene rings is 1. The van der Waals surface area contributed by atoms with Crippen LogP contribution in [-0.2, 0) is 6.54 Å². The average molecular weight is 281 g/mol. The highest BCUT2D eigenvalue weighted by Gasteiger charge is 2.09. The van der Waals surface area contributed by atoms with Crippen LogP contribution in [0.4, 0.5) is 5.82 Å². The summed E-state index contributed by atoms with van der Waals surface area (Å²) in [6.45, 7) is 2.30. The van der Waals surface area contributed by atoms with Crippen molar-refractivity contribution in [1.29, 1.82) is 0 Å². The van der Waals surface area contributed by atoms with Gasteiger partial charge in [0.1, 0.15) is 0 Å². The van der Waals surface area contributed by atoms with Crippen molar-refractivity contribution < 1.29 is 9.73 Å². The molecule has 100 valence electrons. The fourth-order valence-corrected chi connectivity index (χ4v) is 1.74. The van der Waals surface area contributed by atoms with Gasteiger partial charge in [0, 0.05) is 11.1 Å².